The molecule has 0 saturated heterocycles. The summed E-state index contributed by atoms with van der Waals surface area (Å²) in [6, 6.07) is 0. The Labute approximate surface area is 123 Å². The van der Waals surface area contributed by atoms with Gasteiger partial charge in [-0.05, 0) is 38.3 Å². The summed E-state index contributed by atoms with van der Waals surface area (Å²) in [6.07, 6.45) is 9.63. The molecule has 106 valence electrons. The third-order valence-corrected chi connectivity index (χ3v) is 4.76. The predicted octanol–water partition coefficient (Wildman–Crippen LogP) is 3.72. The van der Waals surface area contributed by atoms with Gasteiger partial charge >= 0.3 is 0 Å². The maximum absolute atomic E-state index is 4.56. The monoisotopic (exact) mass is 297 g/mol. The molecule has 2 aromatic heterocycles. The van der Waals surface area contributed by atoms with Crippen molar-refractivity contribution >= 4 is 28.1 Å². The third-order valence-electron chi connectivity index (χ3n) is 3.31. The van der Waals surface area contributed by atoms with Crippen LogP contribution in [0, 0.1) is 6.92 Å². The fourth-order valence-corrected chi connectivity index (χ4v) is 3.48. The van der Waals surface area contributed by atoms with E-state index in [1.54, 1.807) is 11.3 Å². The average Bonchev–Trinajstić information content (AvgIpc) is 2.95. The van der Waals surface area contributed by atoms with Crippen LogP contribution in [0.3, 0.4) is 0 Å². The molecule has 0 atom stereocenters. The largest absolute Gasteiger partial charge is 0.311 e. The van der Waals surface area contributed by atoms with Crippen LogP contribution in [0.4, 0.5) is 0 Å². The number of imidazole rings is 1. The van der Waals surface area contributed by atoms with E-state index in [0.717, 1.165) is 23.7 Å². The highest BCUT2D eigenvalue weighted by Gasteiger charge is 2.08. The Morgan fingerprint density at radius 1 is 1.32 bits per heavy atom. The summed E-state index contributed by atoms with van der Waals surface area (Å²) in [5.41, 5.74) is 2.46. The lowest BCUT2D eigenvalue weighted by Crippen LogP contribution is -2.16. The summed E-state index contributed by atoms with van der Waals surface area (Å²) >= 11 is 3.65. The molecule has 1 N–H and O–H groups in total. The lowest BCUT2D eigenvalue weighted by Gasteiger charge is -2.05. The maximum Gasteiger partial charge on any atom is 0.194 e. The predicted molar refractivity (Wildman–Crippen MR) is 86.4 cm³/mol. The van der Waals surface area contributed by atoms with E-state index in [1.165, 1.54) is 37.1 Å². The van der Waals surface area contributed by atoms with E-state index in [2.05, 4.69) is 39.5 Å². The van der Waals surface area contributed by atoms with Crippen molar-refractivity contribution in [2.45, 2.75) is 39.2 Å². The van der Waals surface area contributed by atoms with Gasteiger partial charge < -0.3 is 5.32 Å². The topological polar surface area (TPSA) is 29.3 Å². The Kier molecular flexibility index (Phi) is 6.20. The standard InChI is InChI=1S/C14H23N3S2/c1-12-13(17-8-10-19-14(17)16-12)11-15-7-5-3-4-6-9-18-2/h8,10,15H,3-7,9,11H2,1-2H3. The number of rotatable bonds is 9. The van der Waals surface area contributed by atoms with Gasteiger partial charge in [-0.15, -0.1) is 11.3 Å². The Morgan fingerprint density at radius 3 is 3.00 bits per heavy atom. The highest BCUT2D eigenvalue weighted by Crippen LogP contribution is 2.16. The molecule has 3 nitrogen and oxygen atoms in total. The van der Waals surface area contributed by atoms with E-state index in [-0.39, 0.29) is 0 Å². The van der Waals surface area contributed by atoms with E-state index < -0.39 is 0 Å². The minimum atomic E-state index is 0.925. The van der Waals surface area contributed by atoms with Gasteiger partial charge in [0.25, 0.3) is 0 Å². The van der Waals surface area contributed by atoms with Gasteiger partial charge in [0, 0.05) is 18.1 Å². The van der Waals surface area contributed by atoms with Gasteiger partial charge in [-0.25, -0.2) is 4.98 Å². The first-order chi connectivity index (χ1) is 9.33. The van der Waals surface area contributed by atoms with Crippen LogP contribution >= 0.6 is 23.1 Å². The van der Waals surface area contributed by atoms with Crippen molar-refractivity contribution in [1.82, 2.24) is 14.7 Å². The van der Waals surface area contributed by atoms with E-state index in [4.69, 9.17) is 0 Å². The van der Waals surface area contributed by atoms with Crippen molar-refractivity contribution in [3.8, 4) is 0 Å². The first-order valence-electron chi connectivity index (χ1n) is 6.93. The Bertz CT molecular complexity index is 490. The van der Waals surface area contributed by atoms with Crippen molar-refractivity contribution in [2.24, 2.45) is 0 Å². The second-order valence-electron chi connectivity index (χ2n) is 4.78. The van der Waals surface area contributed by atoms with Crippen LogP contribution in [0.2, 0.25) is 0 Å². The zero-order chi connectivity index (χ0) is 13.5. The molecule has 0 spiro atoms. The number of hydrogen-bond acceptors (Lipinski definition) is 4. The summed E-state index contributed by atoms with van der Waals surface area (Å²) in [5, 5.41) is 5.63. The van der Waals surface area contributed by atoms with Crippen LogP contribution in [-0.4, -0.2) is 27.9 Å². The van der Waals surface area contributed by atoms with Gasteiger partial charge in [0.15, 0.2) is 4.96 Å². The third kappa shape index (κ3) is 4.23. The van der Waals surface area contributed by atoms with Crippen molar-refractivity contribution in [3.05, 3.63) is 23.0 Å². The molecule has 0 unspecified atom stereocenters. The molecule has 0 radical (unpaired) electrons. The molecule has 0 amide bonds. The number of thiazole rings is 1. The van der Waals surface area contributed by atoms with Gasteiger partial charge in [0.2, 0.25) is 0 Å². The van der Waals surface area contributed by atoms with E-state index >= 15 is 0 Å². The number of nitrogens with one attached hydrogen (secondary N) is 1. The molecule has 0 saturated carbocycles. The molecule has 5 heteroatoms. The minimum Gasteiger partial charge on any atom is -0.311 e. The van der Waals surface area contributed by atoms with Gasteiger partial charge in [-0.1, -0.05) is 12.8 Å². The molecule has 0 aliphatic rings. The minimum absolute atomic E-state index is 0.925. The number of unbranched alkanes of at least 4 members (excludes halogenated alkanes) is 3. The molecule has 0 aromatic carbocycles. The van der Waals surface area contributed by atoms with Crippen LogP contribution in [0.25, 0.3) is 4.96 Å². The molecule has 2 rings (SSSR count). The SMILES string of the molecule is CSCCCCCCNCc1c(C)nc2sccn12. The highest BCUT2D eigenvalue weighted by molar-refractivity contribution is 7.98. The quantitative estimate of drug-likeness (QED) is 0.715. The van der Waals surface area contributed by atoms with Gasteiger partial charge in [-0.3, -0.25) is 4.40 Å². The van der Waals surface area contributed by atoms with Crippen LogP contribution in [0.1, 0.15) is 37.1 Å². The molecule has 19 heavy (non-hydrogen) atoms. The van der Waals surface area contributed by atoms with Gasteiger partial charge in [0.05, 0.1) is 11.4 Å². The van der Waals surface area contributed by atoms with E-state index in [1.807, 2.05) is 11.8 Å². The molecular weight excluding hydrogens is 274 g/mol. The first kappa shape index (κ1) is 14.9. The zero-order valence-electron chi connectivity index (χ0n) is 11.8. The van der Waals surface area contributed by atoms with Gasteiger partial charge in [0.1, 0.15) is 0 Å². The fraction of sp³-hybridized carbons (Fsp3) is 0.643. The summed E-state index contributed by atoms with van der Waals surface area (Å²) in [5.74, 6) is 1.30. The number of hydrogen-bond donors (Lipinski definition) is 1. The second-order valence-corrected chi connectivity index (χ2v) is 6.64. The molecule has 0 bridgehead atoms. The van der Waals surface area contributed by atoms with Crippen LogP contribution in [-0.2, 0) is 6.54 Å². The molecule has 0 aliphatic carbocycles. The Balaban J connectivity index is 1.65. The summed E-state index contributed by atoms with van der Waals surface area (Å²) in [6.45, 7) is 4.13. The zero-order valence-corrected chi connectivity index (χ0v) is 13.4. The number of nitrogens with zero attached hydrogens (tertiary/aromatic N) is 2. The number of aromatic nitrogens is 2. The number of fused-ring (bicyclic) bond motifs is 1. The first-order valence-corrected chi connectivity index (χ1v) is 9.21. The Hall–Kier alpha value is -0.520. The second kappa shape index (κ2) is 7.92. The van der Waals surface area contributed by atoms with Crippen molar-refractivity contribution in [1.29, 1.82) is 0 Å². The number of aryl methyl sites for hydroxylation is 1. The van der Waals surface area contributed by atoms with E-state index in [9.17, 15) is 0 Å². The molecule has 0 fully saturated rings. The molecule has 0 aliphatic heterocycles. The van der Waals surface area contributed by atoms with E-state index in [0.29, 0.717) is 0 Å². The summed E-state index contributed by atoms with van der Waals surface area (Å²) < 4.78 is 2.20. The summed E-state index contributed by atoms with van der Waals surface area (Å²) in [4.78, 5) is 5.66. The van der Waals surface area contributed by atoms with Crippen LogP contribution < -0.4 is 5.32 Å². The maximum atomic E-state index is 4.56. The Morgan fingerprint density at radius 2 is 2.16 bits per heavy atom. The van der Waals surface area contributed by atoms with Gasteiger partial charge in [-0.2, -0.15) is 11.8 Å². The average molecular weight is 297 g/mol. The van der Waals surface area contributed by atoms with Crippen molar-refractivity contribution in [2.75, 3.05) is 18.6 Å². The van der Waals surface area contributed by atoms with Crippen LogP contribution in [0.15, 0.2) is 11.6 Å². The summed E-state index contributed by atoms with van der Waals surface area (Å²) in [7, 11) is 0. The lowest BCUT2D eigenvalue weighted by molar-refractivity contribution is 0.592. The highest BCUT2D eigenvalue weighted by atomic mass is 32.2. The number of thioether (sulfide) groups is 1. The fourth-order valence-electron chi connectivity index (χ4n) is 2.21. The lowest BCUT2D eigenvalue weighted by atomic mass is 10.2. The molecule has 2 heterocycles. The van der Waals surface area contributed by atoms with Crippen molar-refractivity contribution < 1.29 is 0 Å². The van der Waals surface area contributed by atoms with Crippen LogP contribution in [0.5, 0.6) is 0 Å². The normalized spacial score (nSPS) is 11.5. The smallest absolute Gasteiger partial charge is 0.194 e. The molecule has 2 aromatic rings. The molecular formula is C14H23N3S2. The van der Waals surface area contributed by atoms with Crippen molar-refractivity contribution in [3.63, 3.8) is 0 Å².